The summed E-state index contributed by atoms with van der Waals surface area (Å²) in [4.78, 5) is 24.0. The monoisotopic (exact) mass is 419 g/mol. The van der Waals surface area contributed by atoms with E-state index in [0.29, 0.717) is 11.3 Å². The molecule has 3 aromatic carbocycles. The highest BCUT2D eigenvalue weighted by molar-refractivity contribution is 7.80. The molecule has 0 aliphatic rings. The van der Waals surface area contributed by atoms with Crippen molar-refractivity contribution in [3.8, 4) is 16.9 Å². The van der Waals surface area contributed by atoms with Gasteiger partial charge in [-0.15, -0.1) is 0 Å². The molecule has 0 heterocycles. The van der Waals surface area contributed by atoms with Crippen molar-refractivity contribution >= 4 is 29.1 Å². The minimum Gasteiger partial charge on any atom is -0.484 e. The first-order valence-corrected chi connectivity index (χ1v) is 9.67. The quantitative estimate of drug-likeness (QED) is 0.437. The van der Waals surface area contributed by atoms with E-state index in [1.54, 1.807) is 24.3 Å². The molecule has 30 heavy (non-hydrogen) atoms. The maximum absolute atomic E-state index is 12.1. The van der Waals surface area contributed by atoms with Gasteiger partial charge in [-0.25, -0.2) is 0 Å². The van der Waals surface area contributed by atoms with Gasteiger partial charge in [0.15, 0.2) is 11.7 Å². The van der Waals surface area contributed by atoms with Gasteiger partial charge in [0.05, 0.1) is 0 Å². The highest BCUT2D eigenvalue weighted by Crippen LogP contribution is 2.21. The molecule has 0 unspecified atom stereocenters. The van der Waals surface area contributed by atoms with Gasteiger partial charge in [-0.3, -0.25) is 25.8 Å². The van der Waals surface area contributed by atoms with Gasteiger partial charge >= 0.3 is 0 Å². The second kappa shape index (κ2) is 10.2. The number of hydrogen-bond donors (Lipinski definition) is 3. The van der Waals surface area contributed by atoms with E-state index in [0.717, 1.165) is 16.7 Å². The van der Waals surface area contributed by atoms with Crippen molar-refractivity contribution < 1.29 is 14.3 Å². The Labute approximate surface area is 180 Å². The Morgan fingerprint density at radius 1 is 0.833 bits per heavy atom. The number of aryl methyl sites for hydroxylation is 1. The average molecular weight is 420 g/mol. The van der Waals surface area contributed by atoms with E-state index in [1.807, 2.05) is 61.5 Å². The van der Waals surface area contributed by atoms with Crippen molar-refractivity contribution in [1.82, 2.24) is 16.2 Å². The highest BCUT2D eigenvalue weighted by Gasteiger charge is 2.09. The molecule has 0 saturated heterocycles. The van der Waals surface area contributed by atoms with Crippen LogP contribution in [0.2, 0.25) is 0 Å². The van der Waals surface area contributed by atoms with Crippen LogP contribution in [0, 0.1) is 6.92 Å². The van der Waals surface area contributed by atoms with Crippen molar-refractivity contribution in [3.63, 3.8) is 0 Å². The van der Waals surface area contributed by atoms with Crippen molar-refractivity contribution in [2.24, 2.45) is 0 Å². The summed E-state index contributed by atoms with van der Waals surface area (Å²) in [7, 11) is 0. The molecule has 2 amide bonds. The van der Waals surface area contributed by atoms with Crippen molar-refractivity contribution in [2.45, 2.75) is 6.92 Å². The molecule has 0 spiro atoms. The van der Waals surface area contributed by atoms with Gasteiger partial charge in [0.1, 0.15) is 5.75 Å². The van der Waals surface area contributed by atoms with Crippen LogP contribution in [0.1, 0.15) is 15.9 Å². The van der Waals surface area contributed by atoms with Crippen LogP contribution in [-0.2, 0) is 4.79 Å². The zero-order valence-corrected chi connectivity index (χ0v) is 17.2. The number of nitrogens with one attached hydrogen (secondary N) is 3. The first kappa shape index (κ1) is 21.0. The van der Waals surface area contributed by atoms with E-state index < -0.39 is 5.91 Å². The maximum atomic E-state index is 12.1. The summed E-state index contributed by atoms with van der Waals surface area (Å²) in [5, 5.41) is 2.48. The van der Waals surface area contributed by atoms with Crippen LogP contribution < -0.4 is 20.9 Å². The zero-order valence-electron chi connectivity index (χ0n) is 16.3. The number of hydrazine groups is 1. The number of amides is 2. The Balaban J connectivity index is 1.40. The van der Waals surface area contributed by atoms with Crippen LogP contribution in [0.25, 0.3) is 11.1 Å². The third-order valence-corrected chi connectivity index (χ3v) is 4.39. The molecule has 0 atom stereocenters. The fraction of sp³-hybridized carbons (Fsp3) is 0.0870. The van der Waals surface area contributed by atoms with E-state index in [2.05, 4.69) is 16.2 Å². The largest absolute Gasteiger partial charge is 0.484 e. The number of ether oxygens (including phenoxy) is 1. The molecule has 3 rings (SSSR count). The average Bonchev–Trinajstić information content (AvgIpc) is 2.77. The molecule has 0 saturated carbocycles. The van der Waals surface area contributed by atoms with Crippen molar-refractivity contribution in [2.75, 3.05) is 6.61 Å². The summed E-state index contributed by atoms with van der Waals surface area (Å²) in [6.07, 6.45) is 0. The smallest absolute Gasteiger partial charge is 0.276 e. The van der Waals surface area contributed by atoms with Crippen molar-refractivity contribution in [1.29, 1.82) is 0 Å². The molecule has 0 aliphatic carbocycles. The van der Waals surface area contributed by atoms with E-state index >= 15 is 0 Å². The first-order valence-electron chi connectivity index (χ1n) is 9.26. The predicted octanol–water partition coefficient (Wildman–Crippen LogP) is 3.38. The lowest BCUT2D eigenvalue weighted by atomic mass is 10.1. The Hall–Kier alpha value is -3.71. The molecule has 0 fully saturated rings. The number of carbonyl (C=O) groups excluding carboxylic acids is 2. The van der Waals surface area contributed by atoms with E-state index in [4.69, 9.17) is 17.0 Å². The standard InChI is InChI=1S/C23H21N3O3S/c1-16-7-9-19(10-8-16)22(28)24-23(30)26-25-21(27)15-29-20-13-11-18(12-14-20)17-5-3-2-4-6-17/h2-14H,15H2,1H3,(H,25,27)(H2,24,26,28,30). The van der Waals surface area contributed by atoms with E-state index in [1.165, 1.54) is 0 Å². The molecule has 3 aromatic rings. The SMILES string of the molecule is Cc1ccc(C(=O)NC(=S)NNC(=O)COc2ccc(-c3ccccc3)cc2)cc1. The Bertz CT molecular complexity index is 1020. The van der Waals surface area contributed by atoms with Gasteiger partial charge in [0.25, 0.3) is 11.8 Å². The van der Waals surface area contributed by atoms with Crippen LogP contribution in [0.15, 0.2) is 78.9 Å². The van der Waals surface area contributed by atoms with Gasteiger partial charge in [-0.05, 0) is 54.5 Å². The van der Waals surface area contributed by atoms with Gasteiger partial charge in [-0.2, -0.15) is 0 Å². The topological polar surface area (TPSA) is 79.5 Å². The highest BCUT2D eigenvalue weighted by atomic mass is 32.1. The summed E-state index contributed by atoms with van der Waals surface area (Å²) in [5.41, 5.74) is 8.55. The number of benzene rings is 3. The lowest BCUT2D eigenvalue weighted by molar-refractivity contribution is -0.123. The minimum atomic E-state index is -0.436. The summed E-state index contributed by atoms with van der Waals surface area (Å²) in [6, 6.07) is 24.5. The summed E-state index contributed by atoms with van der Waals surface area (Å²) in [5.74, 6) is -0.231. The van der Waals surface area contributed by atoms with Gasteiger partial charge in [0.2, 0.25) is 0 Å². The van der Waals surface area contributed by atoms with Crippen LogP contribution in [0.3, 0.4) is 0 Å². The first-order chi connectivity index (χ1) is 14.5. The van der Waals surface area contributed by atoms with Crippen LogP contribution in [-0.4, -0.2) is 23.5 Å². The van der Waals surface area contributed by atoms with Crippen LogP contribution in [0.4, 0.5) is 0 Å². The van der Waals surface area contributed by atoms with Crippen LogP contribution in [0.5, 0.6) is 5.75 Å². The number of carbonyl (C=O) groups is 2. The van der Waals surface area contributed by atoms with Crippen LogP contribution >= 0.6 is 12.2 Å². The fourth-order valence-electron chi connectivity index (χ4n) is 2.60. The molecule has 0 radical (unpaired) electrons. The predicted molar refractivity (Wildman–Crippen MR) is 120 cm³/mol. The Kier molecular flexibility index (Phi) is 7.13. The molecule has 0 aromatic heterocycles. The second-order valence-electron chi connectivity index (χ2n) is 6.50. The van der Waals surface area contributed by atoms with Gasteiger partial charge < -0.3 is 4.74 Å². The Morgan fingerprint density at radius 3 is 2.13 bits per heavy atom. The molecule has 3 N–H and O–H groups in total. The number of thiocarbonyl (C=S) groups is 1. The van der Waals surface area contributed by atoms with Gasteiger partial charge in [0, 0.05) is 5.56 Å². The van der Waals surface area contributed by atoms with Gasteiger partial charge in [-0.1, -0.05) is 60.2 Å². The number of hydrogen-bond acceptors (Lipinski definition) is 4. The maximum Gasteiger partial charge on any atom is 0.276 e. The molecule has 152 valence electrons. The summed E-state index contributed by atoms with van der Waals surface area (Å²) < 4.78 is 5.47. The Morgan fingerprint density at radius 2 is 1.47 bits per heavy atom. The lowest BCUT2D eigenvalue weighted by Gasteiger charge is -2.12. The minimum absolute atomic E-state index is 0.0128. The lowest BCUT2D eigenvalue weighted by Crippen LogP contribution is -2.49. The molecule has 0 bridgehead atoms. The molecule has 7 heteroatoms. The van der Waals surface area contributed by atoms with E-state index in [-0.39, 0.29) is 17.6 Å². The normalized spacial score (nSPS) is 10.0. The zero-order chi connectivity index (χ0) is 21.3. The van der Waals surface area contributed by atoms with E-state index in [9.17, 15) is 9.59 Å². The summed E-state index contributed by atoms with van der Waals surface area (Å²) >= 11 is 5.01. The van der Waals surface area contributed by atoms with Crippen molar-refractivity contribution in [3.05, 3.63) is 90.0 Å². The third kappa shape index (κ3) is 6.15. The molecule has 0 aliphatic heterocycles. The number of rotatable bonds is 5. The fourth-order valence-corrected chi connectivity index (χ4v) is 2.74. The molecular formula is C23H21N3O3S. The molecular weight excluding hydrogens is 398 g/mol. The summed E-state index contributed by atoms with van der Waals surface area (Å²) in [6.45, 7) is 1.73. The third-order valence-electron chi connectivity index (χ3n) is 4.19. The second-order valence-corrected chi connectivity index (χ2v) is 6.91. The molecule has 6 nitrogen and oxygen atoms in total.